The lowest BCUT2D eigenvalue weighted by molar-refractivity contribution is 1.14. The summed E-state index contributed by atoms with van der Waals surface area (Å²) in [4.78, 5) is 0.455. The summed E-state index contributed by atoms with van der Waals surface area (Å²) >= 11 is 3.83. The van der Waals surface area contributed by atoms with E-state index in [-0.39, 0.29) is 17.0 Å². The quantitative estimate of drug-likeness (QED) is 0.353. The van der Waals surface area contributed by atoms with E-state index in [1.807, 2.05) is 0 Å². The molecule has 0 N–H and O–H groups in total. The molecular formula is C21H22Br2P+. The van der Waals surface area contributed by atoms with Crippen LogP contribution in [0.5, 0.6) is 0 Å². The van der Waals surface area contributed by atoms with Gasteiger partial charge in [-0.05, 0) is 43.3 Å². The van der Waals surface area contributed by atoms with E-state index in [0.717, 1.165) is 6.16 Å². The van der Waals surface area contributed by atoms with Gasteiger partial charge < -0.3 is 0 Å². The Morgan fingerprint density at radius 2 is 0.958 bits per heavy atom. The summed E-state index contributed by atoms with van der Waals surface area (Å²) in [6.45, 7) is 2.25. The molecule has 0 amide bonds. The van der Waals surface area contributed by atoms with Gasteiger partial charge in [0, 0.05) is 4.83 Å². The second-order valence-corrected chi connectivity index (χ2v) is 10.9. The first-order valence-corrected chi connectivity index (χ1v) is 10.8. The van der Waals surface area contributed by atoms with Crippen LogP contribution in [0.15, 0.2) is 91.0 Å². The van der Waals surface area contributed by atoms with Crippen molar-refractivity contribution in [3.63, 3.8) is 0 Å². The molecule has 3 aromatic carbocycles. The maximum atomic E-state index is 3.83. The van der Waals surface area contributed by atoms with Crippen molar-refractivity contribution < 1.29 is 0 Å². The number of halogens is 2. The van der Waals surface area contributed by atoms with Gasteiger partial charge in [-0.15, -0.1) is 17.0 Å². The number of alkyl halides is 1. The van der Waals surface area contributed by atoms with Crippen molar-refractivity contribution in [1.29, 1.82) is 0 Å². The van der Waals surface area contributed by atoms with Gasteiger partial charge in [0.2, 0.25) is 0 Å². The Hall–Kier alpha value is -0.950. The van der Waals surface area contributed by atoms with Crippen LogP contribution < -0.4 is 15.9 Å². The normalized spacial score (nSPS) is 12.2. The minimum Gasteiger partial charge on any atom is -0.114 e. The molecule has 1 atom stereocenters. The predicted octanol–water partition coefficient (Wildman–Crippen LogP) is 5.34. The van der Waals surface area contributed by atoms with Crippen LogP contribution in [0.3, 0.4) is 0 Å². The highest BCUT2D eigenvalue weighted by atomic mass is 79.9. The largest absolute Gasteiger partial charge is 0.114 e. The van der Waals surface area contributed by atoms with Gasteiger partial charge in [-0.25, -0.2) is 0 Å². The maximum absolute atomic E-state index is 3.83. The second-order valence-electron chi connectivity index (χ2n) is 5.78. The van der Waals surface area contributed by atoms with Gasteiger partial charge in [-0.3, -0.25) is 0 Å². The maximum Gasteiger partial charge on any atom is 0.113 e. The van der Waals surface area contributed by atoms with Gasteiger partial charge in [0.15, 0.2) is 0 Å². The van der Waals surface area contributed by atoms with E-state index in [1.54, 1.807) is 0 Å². The van der Waals surface area contributed by atoms with Crippen LogP contribution in [0.4, 0.5) is 0 Å². The summed E-state index contributed by atoms with van der Waals surface area (Å²) in [6, 6.07) is 33.0. The van der Waals surface area contributed by atoms with Gasteiger partial charge in [-0.2, -0.15) is 0 Å². The van der Waals surface area contributed by atoms with Gasteiger partial charge in [0.1, 0.15) is 23.2 Å². The molecule has 124 valence electrons. The third kappa shape index (κ3) is 3.99. The van der Waals surface area contributed by atoms with Crippen LogP contribution in [0.25, 0.3) is 0 Å². The van der Waals surface area contributed by atoms with Crippen LogP contribution in [0, 0.1) is 0 Å². The standard InChI is InChI=1S/C21H21BrP.BrH/c1-18(22)17-23(19-11-5-2-6-12-19,20-13-7-3-8-14-20)21-15-9-4-10-16-21;/h2-16,18H,17H2,1H3;1H/q+1;. The van der Waals surface area contributed by atoms with Crippen LogP contribution >= 0.6 is 40.2 Å². The molecule has 0 aliphatic rings. The summed E-state index contributed by atoms with van der Waals surface area (Å²) in [5.41, 5.74) is 0. The summed E-state index contributed by atoms with van der Waals surface area (Å²) in [5, 5.41) is 4.34. The van der Waals surface area contributed by atoms with Gasteiger partial charge >= 0.3 is 0 Å². The lowest BCUT2D eigenvalue weighted by Gasteiger charge is -2.28. The molecule has 3 rings (SSSR count). The molecule has 0 saturated carbocycles. The average molecular weight is 465 g/mol. The molecule has 0 radical (unpaired) electrons. The molecule has 0 nitrogen and oxygen atoms in total. The summed E-state index contributed by atoms with van der Waals surface area (Å²) in [5.74, 6) is 0. The SMILES string of the molecule is Br.CC(Br)C[P+](c1ccccc1)(c1ccccc1)c1ccccc1. The minimum atomic E-state index is -1.66. The molecule has 0 aliphatic carbocycles. The fourth-order valence-electron chi connectivity index (χ4n) is 3.19. The zero-order valence-electron chi connectivity index (χ0n) is 13.7. The monoisotopic (exact) mass is 463 g/mol. The fourth-order valence-corrected chi connectivity index (χ4v) is 8.82. The molecule has 0 spiro atoms. The third-order valence-electron chi connectivity index (χ3n) is 4.12. The number of benzene rings is 3. The molecule has 3 heteroatoms. The number of rotatable bonds is 5. The zero-order chi connectivity index (χ0) is 16.1. The first kappa shape index (κ1) is 19.4. The predicted molar refractivity (Wildman–Crippen MR) is 119 cm³/mol. The first-order valence-electron chi connectivity index (χ1n) is 7.92. The molecule has 0 fully saturated rings. The van der Waals surface area contributed by atoms with Crippen LogP contribution in [0.1, 0.15) is 6.92 Å². The Morgan fingerprint density at radius 3 is 1.21 bits per heavy atom. The van der Waals surface area contributed by atoms with Crippen LogP contribution in [-0.2, 0) is 0 Å². The number of hydrogen-bond acceptors (Lipinski definition) is 0. The molecule has 0 heterocycles. The van der Waals surface area contributed by atoms with E-state index in [9.17, 15) is 0 Å². The fraction of sp³-hybridized carbons (Fsp3) is 0.143. The van der Waals surface area contributed by atoms with Crippen molar-refractivity contribution in [3.05, 3.63) is 91.0 Å². The highest BCUT2D eigenvalue weighted by molar-refractivity contribution is 9.09. The summed E-state index contributed by atoms with van der Waals surface area (Å²) < 4.78 is 0. The van der Waals surface area contributed by atoms with E-state index in [1.165, 1.54) is 15.9 Å². The Kier molecular flexibility index (Phi) is 7.22. The highest BCUT2D eigenvalue weighted by Gasteiger charge is 2.45. The Morgan fingerprint density at radius 1 is 0.667 bits per heavy atom. The number of hydrogen-bond donors (Lipinski definition) is 0. The van der Waals surface area contributed by atoms with Crippen LogP contribution in [0.2, 0.25) is 0 Å². The highest BCUT2D eigenvalue weighted by Crippen LogP contribution is 2.56. The molecular weight excluding hydrogens is 443 g/mol. The van der Waals surface area contributed by atoms with Crippen molar-refractivity contribution in [2.45, 2.75) is 11.8 Å². The van der Waals surface area contributed by atoms with E-state index < -0.39 is 7.26 Å². The van der Waals surface area contributed by atoms with Crippen LogP contribution in [-0.4, -0.2) is 11.0 Å². The molecule has 0 saturated heterocycles. The van der Waals surface area contributed by atoms with Crippen molar-refractivity contribution in [1.82, 2.24) is 0 Å². The average Bonchev–Trinajstić information content (AvgIpc) is 2.62. The molecule has 0 bridgehead atoms. The second kappa shape index (κ2) is 8.94. The molecule has 0 aromatic heterocycles. The van der Waals surface area contributed by atoms with E-state index in [4.69, 9.17) is 0 Å². The van der Waals surface area contributed by atoms with E-state index in [0.29, 0.717) is 4.83 Å². The molecule has 1 unspecified atom stereocenters. The Bertz CT molecular complexity index is 631. The van der Waals surface area contributed by atoms with Crippen molar-refractivity contribution in [3.8, 4) is 0 Å². The van der Waals surface area contributed by atoms with Crippen molar-refractivity contribution in [2.24, 2.45) is 0 Å². The zero-order valence-corrected chi connectivity index (χ0v) is 17.9. The van der Waals surface area contributed by atoms with E-state index >= 15 is 0 Å². The Balaban J connectivity index is 0.00000208. The molecule has 24 heavy (non-hydrogen) atoms. The third-order valence-corrected chi connectivity index (χ3v) is 9.57. The van der Waals surface area contributed by atoms with Gasteiger partial charge in [0.25, 0.3) is 0 Å². The summed E-state index contributed by atoms with van der Waals surface area (Å²) in [7, 11) is -1.66. The summed E-state index contributed by atoms with van der Waals surface area (Å²) in [6.07, 6.45) is 1.12. The minimum absolute atomic E-state index is 0. The van der Waals surface area contributed by atoms with Gasteiger partial charge in [-0.1, -0.05) is 70.5 Å². The van der Waals surface area contributed by atoms with Crippen molar-refractivity contribution >= 4 is 56.1 Å². The Labute approximate surface area is 164 Å². The molecule has 3 aromatic rings. The first-order chi connectivity index (χ1) is 11.2. The lowest BCUT2D eigenvalue weighted by atomic mass is 10.4. The lowest BCUT2D eigenvalue weighted by Crippen LogP contribution is -2.35. The van der Waals surface area contributed by atoms with Crippen molar-refractivity contribution in [2.75, 3.05) is 6.16 Å². The smallest absolute Gasteiger partial charge is 0.113 e. The van der Waals surface area contributed by atoms with E-state index in [2.05, 4.69) is 114 Å². The molecule has 0 aliphatic heterocycles. The topological polar surface area (TPSA) is 0 Å². The van der Waals surface area contributed by atoms with Gasteiger partial charge in [0.05, 0.1) is 6.16 Å².